The highest BCUT2D eigenvalue weighted by atomic mass is 32.2. The summed E-state index contributed by atoms with van der Waals surface area (Å²) in [6, 6.07) is 5.84. The molecule has 0 saturated carbocycles. The lowest BCUT2D eigenvalue weighted by atomic mass is 9.98. The summed E-state index contributed by atoms with van der Waals surface area (Å²) in [4.78, 5) is 30.0. The van der Waals surface area contributed by atoms with Gasteiger partial charge in [-0.05, 0) is 62.8 Å². The van der Waals surface area contributed by atoms with Gasteiger partial charge in [0.1, 0.15) is 16.4 Å². The zero-order valence-electron chi connectivity index (χ0n) is 18.6. The number of anilines is 1. The monoisotopic (exact) mass is 476 g/mol. The van der Waals surface area contributed by atoms with E-state index in [2.05, 4.69) is 10.3 Å². The van der Waals surface area contributed by atoms with Crippen molar-refractivity contribution in [2.24, 2.45) is 5.92 Å². The van der Waals surface area contributed by atoms with Crippen LogP contribution in [0.2, 0.25) is 0 Å². The summed E-state index contributed by atoms with van der Waals surface area (Å²) < 4.78 is 41.5. The number of nitrogens with one attached hydrogen (secondary N) is 2. The number of piperidine rings is 2. The van der Waals surface area contributed by atoms with Crippen LogP contribution in [-0.4, -0.2) is 60.6 Å². The highest BCUT2D eigenvalue weighted by Gasteiger charge is 2.34. The van der Waals surface area contributed by atoms with Crippen LogP contribution in [0, 0.1) is 18.7 Å². The Morgan fingerprint density at radius 3 is 2.58 bits per heavy atom. The van der Waals surface area contributed by atoms with Gasteiger partial charge in [0.15, 0.2) is 0 Å². The summed E-state index contributed by atoms with van der Waals surface area (Å²) in [5.74, 6) is -1.50. The molecule has 1 atom stereocenters. The summed E-state index contributed by atoms with van der Waals surface area (Å²) in [6.07, 6.45) is 5.40. The number of hydrogen-bond acceptors (Lipinski definition) is 4. The van der Waals surface area contributed by atoms with Crippen molar-refractivity contribution < 1.29 is 22.4 Å². The molecule has 1 aromatic heterocycles. The maximum absolute atomic E-state index is 13.8. The van der Waals surface area contributed by atoms with Crippen LogP contribution in [0.15, 0.2) is 35.4 Å². The van der Waals surface area contributed by atoms with Crippen molar-refractivity contribution in [3.05, 3.63) is 47.5 Å². The molecule has 2 aliphatic rings. The molecule has 2 aliphatic heterocycles. The third-order valence-corrected chi connectivity index (χ3v) is 8.21. The molecule has 33 heavy (non-hydrogen) atoms. The van der Waals surface area contributed by atoms with E-state index < -0.39 is 21.8 Å². The molecule has 0 bridgehead atoms. The van der Waals surface area contributed by atoms with Crippen LogP contribution in [0.5, 0.6) is 0 Å². The Morgan fingerprint density at radius 1 is 1.09 bits per heavy atom. The van der Waals surface area contributed by atoms with Crippen molar-refractivity contribution in [1.82, 2.24) is 14.2 Å². The van der Waals surface area contributed by atoms with Gasteiger partial charge in [0, 0.05) is 38.1 Å². The second-order valence-electron chi connectivity index (χ2n) is 8.76. The number of benzene rings is 1. The summed E-state index contributed by atoms with van der Waals surface area (Å²) in [5, 5.41) is 2.69. The van der Waals surface area contributed by atoms with Crippen molar-refractivity contribution in [2.75, 3.05) is 31.5 Å². The molecule has 8 nitrogen and oxygen atoms in total. The van der Waals surface area contributed by atoms with Gasteiger partial charge in [0.2, 0.25) is 15.9 Å². The zero-order valence-corrected chi connectivity index (χ0v) is 19.5. The van der Waals surface area contributed by atoms with E-state index in [9.17, 15) is 22.4 Å². The summed E-state index contributed by atoms with van der Waals surface area (Å²) in [6.45, 7) is 3.31. The molecule has 0 spiro atoms. The number of rotatable bonds is 5. The van der Waals surface area contributed by atoms with Crippen LogP contribution in [0.1, 0.15) is 48.2 Å². The highest BCUT2D eigenvalue weighted by Crippen LogP contribution is 2.26. The van der Waals surface area contributed by atoms with Gasteiger partial charge in [-0.25, -0.2) is 12.8 Å². The van der Waals surface area contributed by atoms with E-state index in [1.807, 2.05) is 0 Å². The number of carbonyl (C=O) groups is 2. The fourth-order valence-electron chi connectivity index (χ4n) is 4.35. The molecule has 2 fully saturated rings. The van der Waals surface area contributed by atoms with E-state index >= 15 is 0 Å². The molecule has 2 saturated heterocycles. The zero-order chi connectivity index (χ0) is 23.6. The van der Waals surface area contributed by atoms with Crippen LogP contribution < -0.4 is 5.32 Å². The molecule has 3 heterocycles. The largest absolute Gasteiger partial charge is 0.356 e. The van der Waals surface area contributed by atoms with Gasteiger partial charge in [-0.15, -0.1) is 0 Å². The lowest BCUT2D eigenvalue weighted by molar-refractivity contribution is -0.120. The van der Waals surface area contributed by atoms with Crippen LogP contribution in [0.3, 0.4) is 0 Å². The van der Waals surface area contributed by atoms with Crippen LogP contribution in [-0.2, 0) is 14.8 Å². The van der Waals surface area contributed by atoms with E-state index in [-0.39, 0.29) is 28.9 Å². The summed E-state index contributed by atoms with van der Waals surface area (Å²) in [5.41, 5.74) is 1.07. The SMILES string of the molecule is Cc1ccc(NC(=O)[C@@H]2CCCN(S(=O)(=O)c3c[nH]c(C(=O)N4CCCCC4)c3)C2)cc1F. The second kappa shape index (κ2) is 9.64. The Morgan fingerprint density at radius 2 is 1.85 bits per heavy atom. The van der Waals surface area contributed by atoms with Gasteiger partial charge in [0.05, 0.1) is 5.92 Å². The first-order valence-corrected chi connectivity index (χ1v) is 12.7. The average Bonchev–Trinajstić information content (AvgIpc) is 3.33. The van der Waals surface area contributed by atoms with Crippen molar-refractivity contribution in [1.29, 1.82) is 0 Å². The lowest BCUT2D eigenvalue weighted by Crippen LogP contribution is -2.43. The topological polar surface area (TPSA) is 103 Å². The highest BCUT2D eigenvalue weighted by molar-refractivity contribution is 7.89. The van der Waals surface area contributed by atoms with Crippen molar-refractivity contribution in [2.45, 2.75) is 43.9 Å². The third-order valence-electron chi connectivity index (χ3n) is 6.36. The molecule has 2 aromatic rings. The fourth-order valence-corrected chi connectivity index (χ4v) is 5.87. The minimum atomic E-state index is -3.87. The Bertz CT molecular complexity index is 1140. The van der Waals surface area contributed by atoms with Crippen molar-refractivity contribution >= 4 is 27.5 Å². The minimum absolute atomic E-state index is 0.0181. The van der Waals surface area contributed by atoms with Crippen molar-refractivity contribution in [3.8, 4) is 0 Å². The first-order valence-electron chi connectivity index (χ1n) is 11.3. The fraction of sp³-hybridized carbons (Fsp3) is 0.478. The smallest absolute Gasteiger partial charge is 0.270 e. The molecule has 2 N–H and O–H groups in total. The van der Waals surface area contributed by atoms with Crippen LogP contribution >= 0.6 is 0 Å². The number of amides is 2. The van der Waals surface area contributed by atoms with Crippen LogP contribution in [0.25, 0.3) is 0 Å². The Hall–Kier alpha value is -2.72. The molecule has 0 radical (unpaired) electrons. The number of nitrogens with zero attached hydrogens (tertiary/aromatic N) is 2. The first-order chi connectivity index (χ1) is 15.8. The maximum Gasteiger partial charge on any atom is 0.270 e. The van der Waals surface area contributed by atoms with Crippen molar-refractivity contribution in [3.63, 3.8) is 0 Å². The summed E-state index contributed by atoms with van der Waals surface area (Å²) in [7, 11) is -3.87. The second-order valence-corrected chi connectivity index (χ2v) is 10.7. The van der Waals surface area contributed by atoms with E-state index in [4.69, 9.17) is 0 Å². The van der Waals surface area contributed by atoms with Gasteiger partial charge in [-0.1, -0.05) is 6.07 Å². The molecule has 4 rings (SSSR count). The number of aromatic amines is 1. The molecule has 178 valence electrons. The van der Waals surface area contributed by atoms with E-state index in [1.165, 1.54) is 22.6 Å². The molecule has 0 unspecified atom stereocenters. The number of aromatic nitrogens is 1. The molecule has 2 amide bonds. The minimum Gasteiger partial charge on any atom is -0.356 e. The number of sulfonamides is 1. The number of likely N-dealkylation sites (tertiary alicyclic amines) is 1. The normalized spacial score (nSPS) is 19.9. The number of H-pyrrole nitrogens is 1. The predicted molar refractivity (Wildman–Crippen MR) is 122 cm³/mol. The lowest BCUT2D eigenvalue weighted by Gasteiger charge is -2.31. The number of aryl methyl sites for hydroxylation is 1. The standard InChI is InChI=1S/C23H29FN4O4S/c1-16-7-8-18(12-20(16)24)26-22(29)17-6-5-11-28(15-17)33(31,32)19-13-21(25-14-19)23(30)27-9-3-2-4-10-27/h7-8,12-14,17,25H,2-6,9-11,15H2,1H3,(H,26,29)/t17-/m1/s1. The average molecular weight is 477 g/mol. The van der Waals surface area contributed by atoms with Gasteiger partial charge in [-0.3, -0.25) is 9.59 Å². The molecule has 1 aromatic carbocycles. The molecular weight excluding hydrogens is 447 g/mol. The van der Waals surface area contributed by atoms with Gasteiger partial charge < -0.3 is 15.2 Å². The number of hydrogen-bond donors (Lipinski definition) is 2. The molecule has 10 heteroatoms. The van der Waals surface area contributed by atoms with Gasteiger partial charge >= 0.3 is 0 Å². The Labute approximate surface area is 193 Å². The predicted octanol–water partition coefficient (Wildman–Crippen LogP) is 3.13. The van der Waals surface area contributed by atoms with Crippen LogP contribution in [0.4, 0.5) is 10.1 Å². The van der Waals surface area contributed by atoms with E-state index in [1.54, 1.807) is 24.0 Å². The maximum atomic E-state index is 13.8. The van der Waals surface area contributed by atoms with Gasteiger partial charge in [0.25, 0.3) is 5.91 Å². The van der Waals surface area contributed by atoms with E-state index in [0.29, 0.717) is 43.7 Å². The molecule has 0 aliphatic carbocycles. The summed E-state index contributed by atoms with van der Waals surface area (Å²) >= 11 is 0. The first kappa shape index (κ1) is 23.4. The third kappa shape index (κ3) is 5.11. The number of carbonyl (C=O) groups excluding carboxylic acids is 2. The Balaban J connectivity index is 1.43. The van der Waals surface area contributed by atoms with E-state index in [0.717, 1.165) is 19.3 Å². The van der Waals surface area contributed by atoms with Gasteiger partial charge in [-0.2, -0.15) is 4.31 Å². The quantitative estimate of drug-likeness (QED) is 0.692. The number of halogens is 1. The molecular formula is C23H29FN4O4S. The Kier molecular flexibility index (Phi) is 6.85.